The average molecular weight is 132 g/mol. The summed E-state index contributed by atoms with van der Waals surface area (Å²) < 4.78 is 4.50. The fraction of sp³-hybridized carbons (Fsp3) is 0.833. The first-order valence-electron chi connectivity index (χ1n) is 3.07. The molecule has 3 nitrogen and oxygen atoms in total. The number of hydrogen-bond donors (Lipinski definition) is 1. The van der Waals surface area contributed by atoms with Crippen LogP contribution in [0.25, 0.3) is 0 Å². The van der Waals surface area contributed by atoms with Gasteiger partial charge in [-0.3, -0.25) is 4.79 Å². The third-order valence-electron chi connectivity index (χ3n) is 0.668. The van der Waals surface area contributed by atoms with Crippen molar-refractivity contribution >= 4 is 5.97 Å². The van der Waals surface area contributed by atoms with Gasteiger partial charge in [0, 0.05) is 6.42 Å². The smallest absolute Gasteiger partial charge is 0.303 e. The lowest BCUT2D eigenvalue weighted by molar-refractivity contribution is -0.137. The van der Waals surface area contributed by atoms with Crippen molar-refractivity contribution in [1.82, 2.24) is 0 Å². The molecule has 0 aromatic carbocycles. The van der Waals surface area contributed by atoms with Crippen molar-refractivity contribution in [3.8, 4) is 0 Å². The molecule has 0 atom stereocenters. The van der Waals surface area contributed by atoms with Crippen molar-refractivity contribution in [1.29, 1.82) is 0 Å². The van der Waals surface area contributed by atoms with E-state index in [9.17, 15) is 4.79 Å². The summed E-state index contributed by atoms with van der Waals surface area (Å²) in [7, 11) is 0. The Morgan fingerprint density at radius 1 is 1.67 bits per heavy atom. The summed E-state index contributed by atoms with van der Waals surface area (Å²) in [6, 6.07) is 0. The largest absolute Gasteiger partial charge is 0.481 e. The van der Waals surface area contributed by atoms with Gasteiger partial charge in [-0.1, -0.05) is 6.92 Å². The van der Waals surface area contributed by atoms with E-state index in [0.717, 1.165) is 19.6 Å². The third-order valence-corrected chi connectivity index (χ3v) is 0.668. The van der Waals surface area contributed by atoms with Crippen LogP contribution in [-0.2, 0) is 9.53 Å². The Morgan fingerprint density at radius 3 is 2.11 bits per heavy atom. The van der Waals surface area contributed by atoms with Gasteiger partial charge in [0.05, 0.1) is 13.2 Å². The van der Waals surface area contributed by atoms with Gasteiger partial charge in [-0.2, -0.15) is 0 Å². The summed E-state index contributed by atoms with van der Waals surface area (Å²) in [5.74, 6) is -0.711. The van der Waals surface area contributed by atoms with Crippen molar-refractivity contribution < 1.29 is 14.6 Å². The van der Waals surface area contributed by atoms with E-state index in [0.29, 0.717) is 6.42 Å². The van der Waals surface area contributed by atoms with Crippen LogP contribution in [0, 0.1) is 0 Å². The van der Waals surface area contributed by atoms with Gasteiger partial charge < -0.3 is 9.84 Å². The zero-order valence-corrected chi connectivity index (χ0v) is 5.59. The molecule has 0 radical (unpaired) electrons. The van der Waals surface area contributed by atoms with Gasteiger partial charge in [0.25, 0.3) is 0 Å². The van der Waals surface area contributed by atoms with Crippen LogP contribution in [0.15, 0.2) is 0 Å². The van der Waals surface area contributed by atoms with Crippen LogP contribution in [0.4, 0.5) is 0 Å². The summed E-state index contributed by atoms with van der Waals surface area (Å²) >= 11 is 0. The van der Waals surface area contributed by atoms with Crippen LogP contribution in [0.5, 0.6) is 0 Å². The molecule has 9 heavy (non-hydrogen) atoms. The second-order valence-electron chi connectivity index (χ2n) is 1.76. The topological polar surface area (TPSA) is 49.8 Å². The number of ether oxygens (including phenoxy) is 1. The highest BCUT2D eigenvalue weighted by Crippen LogP contribution is 1.84. The molecular weight excluding hydrogens is 120 g/mol. The Bertz CT molecular complexity index is 75.6. The van der Waals surface area contributed by atoms with Crippen molar-refractivity contribution in [2.24, 2.45) is 0 Å². The highest BCUT2D eigenvalue weighted by Gasteiger charge is 1.94. The molecule has 0 aromatic heterocycles. The number of epoxide rings is 1. The molecule has 1 heterocycles. The first-order chi connectivity index (χ1) is 4.27. The Hall–Kier alpha value is -0.570. The van der Waals surface area contributed by atoms with Crippen molar-refractivity contribution in [2.75, 3.05) is 13.2 Å². The molecule has 1 saturated heterocycles. The van der Waals surface area contributed by atoms with E-state index in [-0.39, 0.29) is 0 Å². The van der Waals surface area contributed by atoms with Gasteiger partial charge in [0.15, 0.2) is 0 Å². The summed E-state index contributed by atoms with van der Waals surface area (Å²) in [4.78, 5) is 9.60. The molecule has 0 spiro atoms. The molecule has 1 aliphatic heterocycles. The average Bonchev–Trinajstić information content (AvgIpc) is 2.45. The summed E-state index contributed by atoms with van der Waals surface area (Å²) in [5.41, 5.74) is 0. The van der Waals surface area contributed by atoms with Crippen LogP contribution in [0.3, 0.4) is 0 Å². The minimum absolute atomic E-state index is 0.292. The fourth-order valence-electron chi connectivity index (χ4n) is 0.214. The predicted octanol–water partition coefficient (Wildman–Crippen LogP) is 0.888. The third kappa shape index (κ3) is 18.6. The molecule has 54 valence electrons. The van der Waals surface area contributed by atoms with E-state index in [1.807, 2.05) is 6.92 Å². The number of carboxylic acid groups (broad SMARTS) is 1. The lowest BCUT2D eigenvalue weighted by atomic mass is 10.4. The lowest BCUT2D eigenvalue weighted by Gasteiger charge is -1.79. The molecular formula is C6H12O3. The minimum Gasteiger partial charge on any atom is -0.481 e. The maximum Gasteiger partial charge on any atom is 0.303 e. The quantitative estimate of drug-likeness (QED) is 0.567. The van der Waals surface area contributed by atoms with Crippen LogP contribution in [0.2, 0.25) is 0 Å². The van der Waals surface area contributed by atoms with E-state index in [2.05, 4.69) is 4.74 Å². The molecule has 1 N–H and O–H groups in total. The van der Waals surface area contributed by atoms with E-state index < -0.39 is 5.97 Å². The standard InChI is InChI=1S/C4H8O2.C2H4O/c1-2-3-4(5)6;1-2-3-1/h2-3H2,1H3,(H,5,6);1-2H2. The van der Waals surface area contributed by atoms with E-state index in [4.69, 9.17) is 5.11 Å². The zero-order valence-electron chi connectivity index (χ0n) is 5.59. The predicted molar refractivity (Wildman–Crippen MR) is 33.4 cm³/mol. The lowest BCUT2D eigenvalue weighted by Crippen LogP contribution is -1.90. The fourth-order valence-corrected chi connectivity index (χ4v) is 0.214. The van der Waals surface area contributed by atoms with E-state index in [1.165, 1.54) is 0 Å². The number of hydrogen-bond acceptors (Lipinski definition) is 2. The molecule has 0 amide bonds. The SMILES string of the molecule is C1CO1.CCCC(=O)O. The Kier molecular flexibility index (Phi) is 5.21. The molecule has 0 unspecified atom stereocenters. The Balaban J connectivity index is 0.000000173. The molecule has 1 fully saturated rings. The number of aliphatic carboxylic acids is 1. The number of carbonyl (C=O) groups is 1. The second-order valence-corrected chi connectivity index (χ2v) is 1.76. The zero-order chi connectivity index (χ0) is 7.11. The molecule has 1 aliphatic rings. The summed E-state index contributed by atoms with van der Waals surface area (Å²) in [6.07, 6.45) is 1.02. The monoisotopic (exact) mass is 132 g/mol. The molecule has 3 heteroatoms. The highest BCUT2D eigenvalue weighted by molar-refractivity contribution is 5.66. The minimum atomic E-state index is -0.711. The first-order valence-corrected chi connectivity index (χ1v) is 3.07. The van der Waals surface area contributed by atoms with Gasteiger partial charge in [-0.05, 0) is 6.42 Å². The Labute approximate surface area is 54.6 Å². The Morgan fingerprint density at radius 2 is 2.11 bits per heavy atom. The summed E-state index contributed by atoms with van der Waals surface area (Å²) in [6.45, 7) is 3.84. The summed E-state index contributed by atoms with van der Waals surface area (Å²) in [5, 5.41) is 7.91. The van der Waals surface area contributed by atoms with Crippen molar-refractivity contribution in [3.63, 3.8) is 0 Å². The molecule has 0 bridgehead atoms. The molecule has 0 aromatic rings. The maximum absolute atomic E-state index is 9.60. The van der Waals surface area contributed by atoms with Gasteiger partial charge in [0.1, 0.15) is 0 Å². The van der Waals surface area contributed by atoms with E-state index >= 15 is 0 Å². The van der Waals surface area contributed by atoms with Crippen molar-refractivity contribution in [3.05, 3.63) is 0 Å². The number of rotatable bonds is 2. The highest BCUT2D eigenvalue weighted by atomic mass is 16.6. The molecule has 1 rings (SSSR count). The molecule has 0 saturated carbocycles. The van der Waals surface area contributed by atoms with Crippen molar-refractivity contribution in [2.45, 2.75) is 19.8 Å². The van der Waals surface area contributed by atoms with Crippen LogP contribution in [0.1, 0.15) is 19.8 Å². The van der Waals surface area contributed by atoms with Gasteiger partial charge in [-0.15, -0.1) is 0 Å². The molecule has 0 aliphatic carbocycles. The van der Waals surface area contributed by atoms with Crippen LogP contribution < -0.4 is 0 Å². The number of carboxylic acids is 1. The van der Waals surface area contributed by atoms with Gasteiger partial charge >= 0.3 is 5.97 Å². The second kappa shape index (κ2) is 5.56. The van der Waals surface area contributed by atoms with Crippen LogP contribution in [-0.4, -0.2) is 24.3 Å². The van der Waals surface area contributed by atoms with Gasteiger partial charge in [0.2, 0.25) is 0 Å². The van der Waals surface area contributed by atoms with Gasteiger partial charge in [-0.25, -0.2) is 0 Å². The van der Waals surface area contributed by atoms with Crippen LogP contribution >= 0.6 is 0 Å². The normalized spacial score (nSPS) is 13.4. The first kappa shape index (κ1) is 8.43. The maximum atomic E-state index is 9.60. The van der Waals surface area contributed by atoms with E-state index in [1.54, 1.807) is 0 Å².